The lowest BCUT2D eigenvalue weighted by molar-refractivity contribution is 0.0689. The predicted octanol–water partition coefficient (Wildman–Crippen LogP) is 2.03. The van der Waals surface area contributed by atoms with Gasteiger partial charge >= 0.3 is 5.97 Å². The minimum Gasteiger partial charge on any atom is -0.476 e. The molecular formula is C13H14FN3O2. The summed E-state index contributed by atoms with van der Waals surface area (Å²) in [6.07, 6.45) is 0.523. The number of halogens is 1. The van der Waals surface area contributed by atoms with E-state index < -0.39 is 5.97 Å². The van der Waals surface area contributed by atoms with Crippen LogP contribution in [-0.2, 0) is 13.0 Å². The van der Waals surface area contributed by atoms with Crippen molar-refractivity contribution in [3.8, 4) is 0 Å². The highest BCUT2D eigenvalue weighted by atomic mass is 19.1. The maximum Gasteiger partial charge on any atom is 0.358 e. The van der Waals surface area contributed by atoms with Gasteiger partial charge in [0.15, 0.2) is 5.69 Å². The Bertz CT molecular complexity index is 622. The van der Waals surface area contributed by atoms with Crippen molar-refractivity contribution >= 4 is 5.97 Å². The molecule has 1 aromatic heterocycles. The quantitative estimate of drug-likeness (QED) is 0.916. The SMILES string of the molecule is CCc1c(C(=O)O)nnn1Cc1ccc(F)cc1C. The van der Waals surface area contributed by atoms with Crippen LogP contribution >= 0.6 is 0 Å². The lowest BCUT2D eigenvalue weighted by Gasteiger charge is -2.08. The molecule has 6 heteroatoms. The normalized spacial score (nSPS) is 10.7. The van der Waals surface area contributed by atoms with Crippen LogP contribution < -0.4 is 0 Å². The van der Waals surface area contributed by atoms with E-state index in [-0.39, 0.29) is 11.5 Å². The Labute approximate surface area is 109 Å². The lowest BCUT2D eigenvalue weighted by Crippen LogP contribution is -2.09. The van der Waals surface area contributed by atoms with Crippen LogP contribution in [0.15, 0.2) is 18.2 Å². The van der Waals surface area contributed by atoms with E-state index in [2.05, 4.69) is 10.3 Å². The molecule has 100 valence electrons. The first-order chi connectivity index (χ1) is 9.02. The number of rotatable bonds is 4. The van der Waals surface area contributed by atoms with Crippen LogP contribution in [0.2, 0.25) is 0 Å². The topological polar surface area (TPSA) is 68.0 Å². The first-order valence-electron chi connectivity index (χ1n) is 5.93. The summed E-state index contributed by atoms with van der Waals surface area (Å²) < 4.78 is 14.6. The van der Waals surface area contributed by atoms with Crippen molar-refractivity contribution in [1.29, 1.82) is 0 Å². The second-order valence-corrected chi connectivity index (χ2v) is 4.27. The molecule has 0 bridgehead atoms. The van der Waals surface area contributed by atoms with Gasteiger partial charge in [-0.1, -0.05) is 18.2 Å². The second-order valence-electron chi connectivity index (χ2n) is 4.27. The van der Waals surface area contributed by atoms with Crippen molar-refractivity contribution in [2.24, 2.45) is 0 Å². The number of benzene rings is 1. The Morgan fingerprint density at radius 3 is 2.79 bits per heavy atom. The van der Waals surface area contributed by atoms with E-state index in [1.54, 1.807) is 17.7 Å². The van der Waals surface area contributed by atoms with Gasteiger partial charge in [-0.25, -0.2) is 13.9 Å². The Hall–Kier alpha value is -2.24. The number of carboxylic acids is 1. The Kier molecular flexibility index (Phi) is 3.59. The monoisotopic (exact) mass is 263 g/mol. The molecule has 0 atom stereocenters. The van der Waals surface area contributed by atoms with Crippen LogP contribution in [0.3, 0.4) is 0 Å². The van der Waals surface area contributed by atoms with Gasteiger partial charge in [0.25, 0.3) is 0 Å². The van der Waals surface area contributed by atoms with Crippen LogP contribution in [0.25, 0.3) is 0 Å². The van der Waals surface area contributed by atoms with Gasteiger partial charge in [-0.3, -0.25) is 0 Å². The fourth-order valence-corrected chi connectivity index (χ4v) is 1.97. The summed E-state index contributed by atoms with van der Waals surface area (Å²) in [5.74, 6) is -1.37. The molecule has 5 nitrogen and oxygen atoms in total. The maximum atomic E-state index is 13.0. The maximum absolute atomic E-state index is 13.0. The summed E-state index contributed by atoms with van der Waals surface area (Å²) in [5.41, 5.74) is 2.23. The second kappa shape index (κ2) is 5.17. The largest absolute Gasteiger partial charge is 0.476 e. The molecule has 0 aliphatic carbocycles. The fraction of sp³-hybridized carbons (Fsp3) is 0.308. The zero-order valence-corrected chi connectivity index (χ0v) is 10.7. The van der Waals surface area contributed by atoms with E-state index in [1.807, 2.05) is 6.92 Å². The number of aromatic nitrogens is 3. The van der Waals surface area contributed by atoms with E-state index >= 15 is 0 Å². The lowest BCUT2D eigenvalue weighted by atomic mass is 10.1. The van der Waals surface area contributed by atoms with E-state index in [4.69, 9.17) is 5.11 Å². The van der Waals surface area contributed by atoms with Gasteiger partial charge in [0.05, 0.1) is 12.2 Å². The minimum atomic E-state index is -1.08. The fourth-order valence-electron chi connectivity index (χ4n) is 1.97. The Morgan fingerprint density at radius 1 is 1.47 bits per heavy atom. The van der Waals surface area contributed by atoms with Crippen LogP contribution in [0.4, 0.5) is 4.39 Å². The number of aromatic carboxylic acids is 1. The molecule has 0 radical (unpaired) electrons. The molecule has 0 aliphatic rings. The molecule has 0 saturated heterocycles. The molecule has 0 spiro atoms. The number of aryl methyl sites for hydroxylation is 1. The van der Waals surface area contributed by atoms with Gasteiger partial charge in [0, 0.05) is 0 Å². The Morgan fingerprint density at radius 2 is 2.21 bits per heavy atom. The number of carboxylic acid groups (broad SMARTS) is 1. The van der Waals surface area contributed by atoms with Gasteiger partial charge in [-0.2, -0.15) is 0 Å². The summed E-state index contributed by atoms with van der Waals surface area (Å²) >= 11 is 0. The van der Waals surface area contributed by atoms with E-state index in [1.165, 1.54) is 12.1 Å². The predicted molar refractivity (Wildman–Crippen MR) is 66.6 cm³/mol. The molecular weight excluding hydrogens is 249 g/mol. The zero-order chi connectivity index (χ0) is 14.0. The molecule has 2 rings (SSSR count). The summed E-state index contributed by atoms with van der Waals surface area (Å²) in [4.78, 5) is 11.0. The van der Waals surface area contributed by atoms with E-state index in [0.29, 0.717) is 18.7 Å². The number of hydrogen-bond donors (Lipinski definition) is 1. The van der Waals surface area contributed by atoms with Crippen molar-refractivity contribution < 1.29 is 14.3 Å². The third kappa shape index (κ3) is 2.62. The van der Waals surface area contributed by atoms with Crippen LogP contribution in [0.1, 0.15) is 34.2 Å². The van der Waals surface area contributed by atoms with Crippen molar-refractivity contribution in [3.63, 3.8) is 0 Å². The van der Waals surface area contributed by atoms with Crippen LogP contribution in [0.5, 0.6) is 0 Å². The number of hydrogen-bond acceptors (Lipinski definition) is 3. The zero-order valence-electron chi connectivity index (χ0n) is 10.7. The first-order valence-corrected chi connectivity index (χ1v) is 5.93. The van der Waals surface area contributed by atoms with E-state index in [9.17, 15) is 9.18 Å². The highest BCUT2D eigenvalue weighted by molar-refractivity contribution is 5.86. The average Bonchev–Trinajstić information content (AvgIpc) is 2.75. The van der Waals surface area contributed by atoms with Crippen molar-refractivity contribution in [2.45, 2.75) is 26.8 Å². The first kappa shape index (κ1) is 13.2. The molecule has 1 aromatic carbocycles. The van der Waals surface area contributed by atoms with Gasteiger partial charge < -0.3 is 5.11 Å². The molecule has 0 unspecified atom stereocenters. The summed E-state index contributed by atoms with van der Waals surface area (Å²) in [6, 6.07) is 4.49. The molecule has 2 aromatic rings. The standard InChI is InChI=1S/C13H14FN3O2/c1-3-11-12(13(18)19)15-16-17(11)7-9-4-5-10(14)6-8(9)2/h4-6H,3,7H2,1-2H3,(H,18,19). The number of carbonyl (C=O) groups is 1. The van der Waals surface area contributed by atoms with Crippen molar-refractivity contribution in [2.75, 3.05) is 0 Å². The van der Waals surface area contributed by atoms with Gasteiger partial charge in [0.2, 0.25) is 0 Å². The Balaban J connectivity index is 2.35. The highest BCUT2D eigenvalue weighted by Crippen LogP contribution is 2.14. The van der Waals surface area contributed by atoms with Crippen molar-refractivity contribution in [1.82, 2.24) is 15.0 Å². The third-order valence-electron chi connectivity index (χ3n) is 3.00. The molecule has 0 fully saturated rings. The summed E-state index contributed by atoms with van der Waals surface area (Å²) in [7, 11) is 0. The minimum absolute atomic E-state index is 0.0257. The van der Waals surface area contributed by atoms with Gasteiger partial charge in [0.1, 0.15) is 5.82 Å². The molecule has 1 N–H and O–H groups in total. The molecule has 0 amide bonds. The summed E-state index contributed by atoms with van der Waals surface area (Å²) in [6.45, 7) is 4.04. The highest BCUT2D eigenvalue weighted by Gasteiger charge is 2.17. The van der Waals surface area contributed by atoms with Crippen LogP contribution in [-0.4, -0.2) is 26.1 Å². The molecule has 0 saturated carbocycles. The smallest absolute Gasteiger partial charge is 0.358 e. The summed E-state index contributed by atoms with van der Waals surface area (Å²) in [5, 5.41) is 16.5. The van der Waals surface area contributed by atoms with Crippen molar-refractivity contribution in [3.05, 3.63) is 46.5 Å². The van der Waals surface area contributed by atoms with Gasteiger partial charge in [-0.15, -0.1) is 5.10 Å². The van der Waals surface area contributed by atoms with Gasteiger partial charge in [-0.05, 0) is 36.6 Å². The molecule has 0 aliphatic heterocycles. The average molecular weight is 263 g/mol. The third-order valence-corrected chi connectivity index (χ3v) is 3.00. The van der Waals surface area contributed by atoms with E-state index in [0.717, 1.165) is 11.1 Å². The molecule has 1 heterocycles. The van der Waals surface area contributed by atoms with Crippen LogP contribution in [0, 0.1) is 12.7 Å². The molecule has 19 heavy (non-hydrogen) atoms. The number of nitrogens with zero attached hydrogens (tertiary/aromatic N) is 3.